The molecule has 0 radical (unpaired) electrons. The fraction of sp³-hybridized carbons (Fsp3) is 0.875. The highest BCUT2D eigenvalue weighted by Gasteiger charge is 2.53. The number of carbonyl (C=O) groups is 1. The van der Waals surface area contributed by atoms with Crippen LogP contribution in [0.4, 0.5) is 0 Å². The van der Waals surface area contributed by atoms with E-state index in [1.807, 2.05) is 0 Å². The highest BCUT2D eigenvalue weighted by atomic mass is 16.3. The summed E-state index contributed by atoms with van der Waals surface area (Å²) in [4.78, 5) is 11.0. The van der Waals surface area contributed by atoms with Crippen LogP contribution in [0.15, 0.2) is 0 Å². The van der Waals surface area contributed by atoms with Crippen molar-refractivity contribution in [2.24, 2.45) is 5.92 Å². The van der Waals surface area contributed by atoms with Gasteiger partial charge >= 0.3 is 0 Å². The summed E-state index contributed by atoms with van der Waals surface area (Å²) in [6.07, 6.45) is 3.95. The third kappa shape index (κ3) is 0.870. The Bertz CT molecular complexity index is 176. The lowest BCUT2D eigenvalue weighted by atomic mass is 10.1. The Labute approximate surface area is 60.2 Å². The first kappa shape index (κ1) is 6.35. The molecule has 0 amide bonds. The predicted octanol–water partition coefficient (Wildman–Crippen LogP) is 0.881. The number of hydrogen-bond donors (Lipinski definition) is 1. The monoisotopic (exact) mass is 140 g/mol. The average Bonchev–Trinajstić information content (AvgIpc) is 2.41. The molecular weight excluding hydrogens is 128 g/mol. The molecule has 0 heterocycles. The van der Waals surface area contributed by atoms with Gasteiger partial charge in [-0.2, -0.15) is 0 Å². The second kappa shape index (κ2) is 1.82. The van der Waals surface area contributed by atoms with Gasteiger partial charge in [0, 0.05) is 12.8 Å². The molecule has 2 saturated carbocycles. The minimum Gasteiger partial charge on any atom is -0.390 e. The van der Waals surface area contributed by atoms with Crippen molar-refractivity contribution in [1.82, 2.24) is 0 Å². The Morgan fingerprint density at radius 2 is 2.40 bits per heavy atom. The Balaban J connectivity index is 2.06. The molecule has 2 heteroatoms. The molecule has 1 N–H and O–H groups in total. The van der Waals surface area contributed by atoms with Crippen LogP contribution >= 0.6 is 0 Å². The van der Waals surface area contributed by atoms with Gasteiger partial charge in [0.1, 0.15) is 5.78 Å². The quantitative estimate of drug-likeness (QED) is 0.542. The molecule has 2 atom stereocenters. The summed E-state index contributed by atoms with van der Waals surface area (Å²) in [6.45, 7) is 0. The van der Waals surface area contributed by atoms with Crippen molar-refractivity contribution < 1.29 is 9.90 Å². The molecule has 0 aliphatic heterocycles. The van der Waals surface area contributed by atoms with E-state index in [0.717, 1.165) is 19.3 Å². The van der Waals surface area contributed by atoms with Crippen LogP contribution in [0.5, 0.6) is 0 Å². The van der Waals surface area contributed by atoms with Gasteiger partial charge in [0.25, 0.3) is 0 Å². The van der Waals surface area contributed by atoms with Gasteiger partial charge in [-0.15, -0.1) is 0 Å². The van der Waals surface area contributed by atoms with E-state index in [0.29, 0.717) is 24.5 Å². The molecule has 0 saturated heterocycles. The Morgan fingerprint density at radius 3 is 3.20 bits per heavy atom. The molecule has 0 bridgehead atoms. The standard InChI is InChI=1S/C8H12O2/c9-7-2-1-3-8(10)5-6(8)4-7/h6,10H,1-5H2. The smallest absolute Gasteiger partial charge is 0.133 e. The van der Waals surface area contributed by atoms with Crippen molar-refractivity contribution in [1.29, 1.82) is 0 Å². The van der Waals surface area contributed by atoms with E-state index in [-0.39, 0.29) is 0 Å². The Hall–Kier alpha value is -0.370. The van der Waals surface area contributed by atoms with Gasteiger partial charge in [-0.3, -0.25) is 4.79 Å². The van der Waals surface area contributed by atoms with Crippen molar-refractivity contribution in [3.8, 4) is 0 Å². The number of Topliss-reactive ketones (excluding diaryl/α,β-unsaturated/α-hetero) is 1. The summed E-state index contributed by atoms with van der Waals surface area (Å²) in [5, 5.41) is 9.59. The third-order valence-corrected chi connectivity index (χ3v) is 2.74. The molecule has 0 aromatic rings. The van der Waals surface area contributed by atoms with Gasteiger partial charge in [0.15, 0.2) is 0 Å². The minimum atomic E-state index is -0.411. The zero-order chi connectivity index (χ0) is 7.19. The second-order valence-electron chi connectivity index (χ2n) is 3.60. The van der Waals surface area contributed by atoms with E-state index < -0.39 is 5.60 Å². The summed E-state index contributed by atoms with van der Waals surface area (Å²) < 4.78 is 0. The van der Waals surface area contributed by atoms with E-state index in [1.165, 1.54) is 0 Å². The first-order valence-electron chi connectivity index (χ1n) is 3.95. The zero-order valence-electron chi connectivity index (χ0n) is 5.97. The van der Waals surface area contributed by atoms with Crippen LogP contribution in [0, 0.1) is 5.92 Å². The molecule has 2 fully saturated rings. The first-order chi connectivity index (χ1) is 4.71. The summed E-state index contributed by atoms with van der Waals surface area (Å²) in [5.41, 5.74) is -0.411. The number of ketones is 1. The van der Waals surface area contributed by atoms with Crippen LogP contribution in [-0.2, 0) is 4.79 Å². The van der Waals surface area contributed by atoms with E-state index in [4.69, 9.17) is 0 Å². The highest BCUT2D eigenvalue weighted by Crippen LogP contribution is 2.51. The number of aliphatic hydroxyl groups is 1. The third-order valence-electron chi connectivity index (χ3n) is 2.74. The van der Waals surface area contributed by atoms with Crippen molar-refractivity contribution >= 4 is 5.78 Å². The molecule has 2 aliphatic carbocycles. The molecule has 0 spiro atoms. The zero-order valence-corrected chi connectivity index (χ0v) is 5.97. The first-order valence-corrected chi connectivity index (χ1v) is 3.95. The average molecular weight is 140 g/mol. The highest BCUT2D eigenvalue weighted by molar-refractivity contribution is 5.79. The van der Waals surface area contributed by atoms with Crippen molar-refractivity contribution in [2.75, 3.05) is 0 Å². The molecule has 2 aliphatic rings. The lowest BCUT2D eigenvalue weighted by molar-refractivity contribution is -0.119. The van der Waals surface area contributed by atoms with E-state index in [2.05, 4.69) is 0 Å². The Morgan fingerprint density at radius 1 is 1.60 bits per heavy atom. The van der Waals surface area contributed by atoms with Crippen molar-refractivity contribution in [3.63, 3.8) is 0 Å². The molecule has 2 rings (SSSR count). The molecule has 2 nitrogen and oxygen atoms in total. The molecule has 0 aromatic heterocycles. The number of carbonyl (C=O) groups excluding carboxylic acids is 1. The van der Waals surface area contributed by atoms with Gasteiger partial charge in [0.05, 0.1) is 5.60 Å². The van der Waals surface area contributed by atoms with Crippen molar-refractivity contribution in [2.45, 2.75) is 37.7 Å². The minimum absolute atomic E-state index is 0.322. The van der Waals surface area contributed by atoms with Gasteiger partial charge in [-0.25, -0.2) is 0 Å². The Kier molecular flexibility index (Phi) is 1.15. The summed E-state index contributed by atoms with van der Waals surface area (Å²) >= 11 is 0. The number of rotatable bonds is 0. The van der Waals surface area contributed by atoms with Gasteiger partial charge in [-0.1, -0.05) is 0 Å². The second-order valence-corrected chi connectivity index (χ2v) is 3.60. The maximum absolute atomic E-state index is 11.0. The van der Waals surface area contributed by atoms with Crippen LogP contribution in [-0.4, -0.2) is 16.5 Å². The molecule has 0 aromatic carbocycles. The van der Waals surface area contributed by atoms with Crippen molar-refractivity contribution in [3.05, 3.63) is 0 Å². The molecule has 2 unspecified atom stereocenters. The molecular formula is C8H12O2. The lowest BCUT2D eigenvalue weighted by Gasteiger charge is -2.03. The normalized spacial score (nSPS) is 46.1. The predicted molar refractivity (Wildman–Crippen MR) is 36.5 cm³/mol. The fourth-order valence-electron chi connectivity index (χ4n) is 1.90. The lowest BCUT2D eigenvalue weighted by Crippen LogP contribution is -2.08. The van der Waals surface area contributed by atoms with Gasteiger partial charge in [-0.05, 0) is 25.2 Å². The topological polar surface area (TPSA) is 37.3 Å². The molecule has 10 heavy (non-hydrogen) atoms. The number of fused-ring (bicyclic) bond motifs is 1. The van der Waals surface area contributed by atoms with Crippen LogP contribution in [0.3, 0.4) is 0 Å². The van der Waals surface area contributed by atoms with Crippen LogP contribution < -0.4 is 0 Å². The van der Waals surface area contributed by atoms with Crippen LogP contribution in [0.25, 0.3) is 0 Å². The molecule has 56 valence electrons. The van der Waals surface area contributed by atoms with E-state index >= 15 is 0 Å². The SMILES string of the molecule is O=C1CCCC2(O)CC2C1. The summed E-state index contributed by atoms with van der Waals surface area (Å²) in [5.74, 6) is 0.668. The maximum atomic E-state index is 11.0. The summed E-state index contributed by atoms with van der Waals surface area (Å²) in [7, 11) is 0. The summed E-state index contributed by atoms with van der Waals surface area (Å²) in [6, 6.07) is 0. The van der Waals surface area contributed by atoms with Gasteiger partial charge in [0.2, 0.25) is 0 Å². The van der Waals surface area contributed by atoms with Crippen LogP contribution in [0.1, 0.15) is 32.1 Å². The largest absolute Gasteiger partial charge is 0.390 e. The van der Waals surface area contributed by atoms with E-state index in [1.54, 1.807) is 0 Å². The number of hydrogen-bond acceptors (Lipinski definition) is 2. The van der Waals surface area contributed by atoms with Crippen LogP contribution in [0.2, 0.25) is 0 Å². The maximum Gasteiger partial charge on any atom is 0.133 e. The van der Waals surface area contributed by atoms with E-state index in [9.17, 15) is 9.90 Å². The fourth-order valence-corrected chi connectivity index (χ4v) is 1.90. The van der Waals surface area contributed by atoms with Gasteiger partial charge < -0.3 is 5.11 Å².